The van der Waals surface area contributed by atoms with Crippen molar-refractivity contribution in [2.75, 3.05) is 32.5 Å². The number of rotatable bonds is 4. The molecular formula is C14H19N3O4. The lowest BCUT2D eigenvalue weighted by molar-refractivity contribution is -0.383. The molecule has 2 N–H and O–H groups in total. The molecule has 7 nitrogen and oxygen atoms in total. The van der Waals surface area contributed by atoms with Crippen LogP contribution in [-0.2, 0) is 4.74 Å². The Morgan fingerprint density at radius 2 is 2.14 bits per heavy atom. The Kier molecular flexibility index (Phi) is 4.74. The number of carbonyl (C=O) groups excluding carboxylic acids is 1. The van der Waals surface area contributed by atoms with Crippen LogP contribution in [0.5, 0.6) is 0 Å². The number of nitro groups is 1. The van der Waals surface area contributed by atoms with Gasteiger partial charge in [-0.2, -0.15) is 0 Å². The Bertz CT molecular complexity index is 539. The molecule has 0 aromatic heterocycles. The van der Waals surface area contributed by atoms with Gasteiger partial charge in [0.25, 0.3) is 11.6 Å². The number of benzene rings is 1. The molecule has 1 amide bonds. The van der Waals surface area contributed by atoms with Crippen LogP contribution in [0, 0.1) is 16.0 Å². The largest absolute Gasteiger partial charge is 0.393 e. The summed E-state index contributed by atoms with van der Waals surface area (Å²) in [6, 6.07) is 4.11. The van der Waals surface area contributed by atoms with Crippen molar-refractivity contribution in [3.63, 3.8) is 0 Å². The van der Waals surface area contributed by atoms with Gasteiger partial charge in [-0.15, -0.1) is 0 Å². The highest BCUT2D eigenvalue weighted by molar-refractivity contribution is 5.95. The van der Waals surface area contributed by atoms with Gasteiger partial charge in [0.15, 0.2) is 0 Å². The van der Waals surface area contributed by atoms with Crippen molar-refractivity contribution in [3.05, 3.63) is 33.9 Å². The summed E-state index contributed by atoms with van der Waals surface area (Å²) in [5, 5.41) is 10.7. The van der Waals surface area contributed by atoms with E-state index in [0.29, 0.717) is 31.2 Å². The third-order valence-corrected chi connectivity index (χ3v) is 3.78. The van der Waals surface area contributed by atoms with Crippen LogP contribution >= 0.6 is 0 Å². The molecule has 1 aromatic carbocycles. The average Bonchev–Trinajstić information content (AvgIpc) is 2.47. The number of piperidine rings is 1. The Balaban J connectivity index is 2.04. The quantitative estimate of drug-likeness (QED) is 0.517. The van der Waals surface area contributed by atoms with Crippen LogP contribution in [0.3, 0.4) is 0 Å². The van der Waals surface area contributed by atoms with Gasteiger partial charge < -0.3 is 15.4 Å². The SMILES string of the molecule is COCC1CCN(C(=O)c2ccc([N+](=O)[O-])c(N)c2)CC1. The first kappa shape index (κ1) is 15.2. The zero-order valence-corrected chi connectivity index (χ0v) is 11.9. The van der Waals surface area contributed by atoms with Crippen molar-refractivity contribution in [2.24, 2.45) is 5.92 Å². The van der Waals surface area contributed by atoms with E-state index in [4.69, 9.17) is 10.5 Å². The molecule has 0 aliphatic carbocycles. The molecule has 1 aliphatic rings. The second-order valence-corrected chi connectivity index (χ2v) is 5.22. The zero-order valence-electron chi connectivity index (χ0n) is 11.9. The summed E-state index contributed by atoms with van der Waals surface area (Å²) in [4.78, 5) is 24.3. The maximum Gasteiger partial charge on any atom is 0.292 e. The second-order valence-electron chi connectivity index (χ2n) is 5.22. The van der Waals surface area contributed by atoms with Crippen molar-refractivity contribution in [1.82, 2.24) is 4.90 Å². The summed E-state index contributed by atoms with van der Waals surface area (Å²) in [5.41, 5.74) is 5.85. The fourth-order valence-electron chi connectivity index (χ4n) is 2.57. The Morgan fingerprint density at radius 3 is 2.67 bits per heavy atom. The van der Waals surface area contributed by atoms with E-state index in [1.165, 1.54) is 18.2 Å². The van der Waals surface area contributed by atoms with E-state index in [2.05, 4.69) is 0 Å². The summed E-state index contributed by atoms with van der Waals surface area (Å²) in [7, 11) is 1.68. The van der Waals surface area contributed by atoms with Crippen LogP contribution < -0.4 is 5.73 Å². The molecule has 21 heavy (non-hydrogen) atoms. The molecule has 1 aliphatic heterocycles. The third-order valence-electron chi connectivity index (χ3n) is 3.78. The summed E-state index contributed by atoms with van der Waals surface area (Å²) in [6.45, 7) is 2.06. The average molecular weight is 293 g/mol. The van der Waals surface area contributed by atoms with Gasteiger partial charge in [-0.1, -0.05) is 0 Å². The van der Waals surface area contributed by atoms with Crippen molar-refractivity contribution < 1.29 is 14.5 Å². The fourth-order valence-corrected chi connectivity index (χ4v) is 2.57. The lowest BCUT2D eigenvalue weighted by Gasteiger charge is -2.31. The predicted molar refractivity (Wildman–Crippen MR) is 78.0 cm³/mol. The Labute approximate surface area is 122 Å². The van der Waals surface area contributed by atoms with Crippen molar-refractivity contribution in [1.29, 1.82) is 0 Å². The van der Waals surface area contributed by atoms with E-state index in [1.807, 2.05) is 0 Å². The van der Waals surface area contributed by atoms with Crippen molar-refractivity contribution >= 4 is 17.3 Å². The van der Waals surface area contributed by atoms with Crippen LogP contribution in [0.1, 0.15) is 23.2 Å². The highest BCUT2D eigenvalue weighted by atomic mass is 16.6. The summed E-state index contributed by atoms with van der Waals surface area (Å²) in [5.74, 6) is 0.355. The molecule has 1 heterocycles. The van der Waals surface area contributed by atoms with E-state index in [9.17, 15) is 14.9 Å². The molecule has 0 spiro atoms. The topological polar surface area (TPSA) is 98.7 Å². The van der Waals surface area contributed by atoms with Gasteiger partial charge in [0.2, 0.25) is 0 Å². The molecule has 0 unspecified atom stereocenters. The molecule has 0 radical (unpaired) electrons. The maximum absolute atomic E-state index is 12.4. The molecular weight excluding hydrogens is 274 g/mol. The van der Waals surface area contributed by atoms with E-state index >= 15 is 0 Å². The monoisotopic (exact) mass is 293 g/mol. The van der Waals surface area contributed by atoms with Crippen molar-refractivity contribution in [3.8, 4) is 0 Å². The van der Waals surface area contributed by atoms with Gasteiger partial charge in [0, 0.05) is 38.4 Å². The number of likely N-dealkylation sites (tertiary alicyclic amines) is 1. The number of ether oxygens (including phenoxy) is 1. The molecule has 1 aromatic rings. The number of anilines is 1. The summed E-state index contributed by atoms with van der Waals surface area (Å²) < 4.78 is 5.13. The number of carbonyl (C=O) groups is 1. The Hall–Kier alpha value is -2.15. The second kappa shape index (κ2) is 6.53. The van der Waals surface area contributed by atoms with Gasteiger partial charge in [-0.05, 0) is 30.9 Å². The van der Waals surface area contributed by atoms with Crippen LogP contribution in [0.4, 0.5) is 11.4 Å². The normalized spacial score (nSPS) is 16.0. The number of hydrogen-bond acceptors (Lipinski definition) is 5. The fraction of sp³-hybridized carbons (Fsp3) is 0.500. The first-order valence-corrected chi connectivity index (χ1v) is 6.85. The van der Waals surface area contributed by atoms with E-state index in [-0.39, 0.29) is 17.3 Å². The minimum Gasteiger partial charge on any atom is -0.393 e. The lowest BCUT2D eigenvalue weighted by Crippen LogP contribution is -2.39. The molecule has 1 saturated heterocycles. The molecule has 114 valence electrons. The molecule has 1 fully saturated rings. The van der Waals surface area contributed by atoms with Crippen LogP contribution in [-0.4, -0.2) is 42.5 Å². The summed E-state index contributed by atoms with van der Waals surface area (Å²) in [6.07, 6.45) is 1.81. The van der Waals surface area contributed by atoms with Gasteiger partial charge in [0.05, 0.1) is 4.92 Å². The minimum absolute atomic E-state index is 0.0140. The third kappa shape index (κ3) is 3.49. The van der Waals surface area contributed by atoms with Gasteiger partial charge >= 0.3 is 0 Å². The van der Waals surface area contributed by atoms with E-state index < -0.39 is 4.92 Å². The van der Waals surface area contributed by atoms with Crippen LogP contribution in [0.2, 0.25) is 0 Å². The molecule has 0 bridgehead atoms. The number of nitrogens with two attached hydrogens (primary N) is 1. The first-order valence-electron chi connectivity index (χ1n) is 6.85. The minimum atomic E-state index is -0.556. The number of amides is 1. The van der Waals surface area contributed by atoms with E-state index in [1.54, 1.807) is 12.0 Å². The number of nitrogens with zero attached hydrogens (tertiary/aromatic N) is 2. The van der Waals surface area contributed by atoms with Gasteiger partial charge in [-0.3, -0.25) is 14.9 Å². The van der Waals surface area contributed by atoms with E-state index in [0.717, 1.165) is 12.8 Å². The van der Waals surface area contributed by atoms with Gasteiger partial charge in [-0.25, -0.2) is 0 Å². The molecule has 2 rings (SSSR count). The standard InChI is InChI=1S/C14H19N3O4/c1-21-9-10-4-6-16(7-5-10)14(18)11-2-3-13(17(19)20)12(15)8-11/h2-3,8,10H,4-7,9,15H2,1H3. The number of hydrogen-bond donors (Lipinski definition) is 1. The van der Waals surface area contributed by atoms with Gasteiger partial charge in [0.1, 0.15) is 5.69 Å². The van der Waals surface area contributed by atoms with Crippen LogP contribution in [0.15, 0.2) is 18.2 Å². The van der Waals surface area contributed by atoms with Crippen molar-refractivity contribution in [2.45, 2.75) is 12.8 Å². The maximum atomic E-state index is 12.4. The Morgan fingerprint density at radius 1 is 1.48 bits per heavy atom. The lowest BCUT2D eigenvalue weighted by atomic mass is 9.97. The number of methoxy groups -OCH3 is 1. The molecule has 0 saturated carbocycles. The zero-order chi connectivity index (χ0) is 15.4. The summed E-state index contributed by atoms with van der Waals surface area (Å²) >= 11 is 0. The molecule has 7 heteroatoms. The highest BCUT2D eigenvalue weighted by Crippen LogP contribution is 2.24. The van der Waals surface area contributed by atoms with Crippen LogP contribution in [0.25, 0.3) is 0 Å². The first-order chi connectivity index (χ1) is 10.0. The number of nitrogen functional groups attached to an aromatic ring is 1. The number of nitro benzene ring substituents is 1. The highest BCUT2D eigenvalue weighted by Gasteiger charge is 2.24. The molecule has 0 atom stereocenters. The predicted octanol–water partition coefficient (Wildman–Crippen LogP) is 1.68. The smallest absolute Gasteiger partial charge is 0.292 e.